The molecular formula is C15H24. The van der Waals surface area contributed by atoms with Gasteiger partial charge in [0, 0.05) is 0 Å². The van der Waals surface area contributed by atoms with Crippen LogP contribution < -0.4 is 0 Å². The van der Waals surface area contributed by atoms with Crippen molar-refractivity contribution in [2.24, 2.45) is 23.7 Å². The van der Waals surface area contributed by atoms with Gasteiger partial charge < -0.3 is 0 Å². The third kappa shape index (κ3) is 2.04. The van der Waals surface area contributed by atoms with E-state index in [0.717, 1.165) is 23.7 Å². The van der Waals surface area contributed by atoms with Crippen LogP contribution in [0.2, 0.25) is 0 Å². The molecule has 0 N–H and O–H groups in total. The van der Waals surface area contributed by atoms with Crippen molar-refractivity contribution in [1.29, 1.82) is 0 Å². The van der Waals surface area contributed by atoms with E-state index < -0.39 is 0 Å². The monoisotopic (exact) mass is 204 g/mol. The van der Waals surface area contributed by atoms with Gasteiger partial charge in [0.05, 0.1) is 0 Å². The molecule has 0 aliphatic heterocycles. The Morgan fingerprint density at radius 3 is 2.67 bits per heavy atom. The maximum Gasteiger partial charge on any atom is -0.0139 e. The molecule has 0 spiro atoms. The van der Waals surface area contributed by atoms with Crippen LogP contribution in [0.15, 0.2) is 23.8 Å². The molecule has 84 valence electrons. The molecule has 0 heteroatoms. The van der Waals surface area contributed by atoms with Gasteiger partial charge in [0.2, 0.25) is 0 Å². The highest BCUT2D eigenvalue weighted by atomic mass is 14.4. The van der Waals surface area contributed by atoms with Crippen LogP contribution in [-0.4, -0.2) is 0 Å². The van der Waals surface area contributed by atoms with Gasteiger partial charge in [-0.05, 0) is 49.4 Å². The zero-order chi connectivity index (χ0) is 11.0. The van der Waals surface area contributed by atoms with Gasteiger partial charge in [-0.15, -0.1) is 0 Å². The van der Waals surface area contributed by atoms with E-state index in [1.165, 1.54) is 31.3 Å². The predicted octanol–water partition coefficient (Wildman–Crippen LogP) is 4.58. The first-order chi connectivity index (χ1) is 7.09. The topological polar surface area (TPSA) is 0 Å². The van der Waals surface area contributed by atoms with Gasteiger partial charge >= 0.3 is 0 Å². The molecule has 2 aliphatic carbocycles. The van der Waals surface area contributed by atoms with Crippen LogP contribution in [0.5, 0.6) is 0 Å². The van der Waals surface area contributed by atoms with Crippen molar-refractivity contribution in [3.05, 3.63) is 23.8 Å². The van der Waals surface area contributed by atoms with Gasteiger partial charge in [0.25, 0.3) is 0 Å². The average molecular weight is 204 g/mol. The summed E-state index contributed by atoms with van der Waals surface area (Å²) in [7, 11) is 0. The standard InChI is InChI=1S/C15H24/c1-10(2)13-7-5-11(3)14-8-6-12(4)15(14)9-13/h9-10,12,14-15H,3,5-8H2,1-2,4H3. The SMILES string of the molecule is C=C1CCC(C(C)C)=CC2C(C)CCC12. The van der Waals surface area contributed by atoms with Crippen LogP contribution in [0.3, 0.4) is 0 Å². The van der Waals surface area contributed by atoms with E-state index in [2.05, 4.69) is 33.4 Å². The highest BCUT2D eigenvalue weighted by Gasteiger charge is 2.35. The highest BCUT2D eigenvalue weighted by molar-refractivity contribution is 5.21. The third-order valence-electron chi connectivity index (χ3n) is 4.46. The summed E-state index contributed by atoms with van der Waals surface area (Å²) in [5.41, 5.74) is 3.20. The molecule has 3 unspecified atom stereocenters. The minimum Gasteiger partial charge on any atom is -0.0995 e. The van der Waals surface area contributed by atoms with E-state index in [-0.39, 0.29) is 0 Å². The Morgan fingerprint density at radius 2 is 2.00 bits per heavy atom. The molecule has 0 amide bonds. The first-order valence-electron chi connectivity index (χ1n) is 6.48. The van der Waals surface area contributed by atoms with E-state index in [9.17, 15) is 0 Å². The molecule has 0 aromatic rings. The summed E-state index contributed by atoms with van der Waals surface area (Å²) in [5.74, 6) is 3.21. The minimum absolute atomic E-state index is 0.726. The van der Waals surface area contributed by atoms with Gasteiger partial charge in [-0.3, -0.25) is 0 Å². The third-order valence-corrected chi connectivity index (χ3v) is 4.46. The first-order valence-corrected chi connectivity index (χ1v) is 6.48. The van der Waals surface area contributed by atoms with Crippen molar-refractivity contribution in [2.75, 3.05) is 0 Å². The fourth-order valence-electron chi connectivity index (χ4n) is 3.28. The largest absolute Gasteiger partial charge is 0.0995 e. The lowest BCUT2D eigenvalue weighted by molar-refractivity contribution is 0.439. The van der Waals surface area contributed by atoms with Crippen molar-refractivity contribution < 1.29 is 0 Å². The molecule has 0 nitrogen and oxygen atoms in total. The van der Waals surface area contributed by atoms with E-state index >= 15 is 0 Å². The van der Waals surface area contributed by atoms with Crippen molar-refractivity contribution in [2.45, 2.75) is 46.5 Å². The van der Waals surface area contributed by atoms with E-state index in [4.69, 9.17) is 0 Å². The van der Waals surface area contributed by atoms with Crippen molar-refractivity contribution in [3.63, 3.8) is 0 Å². The van der Waals surface area contributed by atoms with Crippen LogP contribution in [-0.2, 0) is 0 Å². The average Bonchev–Trinajstić information content (AvgIpc) is 2.43. The van der Waals surface area contributed by atoms with E-state index in [1.807, 2.05) is 0 Å². The number of fused-ring (bicyclic) bond motifs is 1. The molecule has 0 heterocycles. The van der Waals surface area contributed by atoms with Crippen molar-refractivity contribution in [1.82, 2.24) is 0 Å². The maximum atomic E-state index is 4.31. The van der Waals surface area contributed by atoms with Crippen molar-refractivity contribution in [3.8, 4) is 0 Å². The van der Waals surface area contributed by atoms with Gasteiger partial charge in [-0.25, -0.2) is 0 Å². The Hall–Kier alpha value is -0.520. The molecule has 1 fully saturated rings. The second-order valence-electron chi connectivity index (χ2n) is 5.79. The molecule has 1 saturated carbocycles. The van der Waals surface area contributed by atoms with Crippen LogP contribution in [0, 0.1) is 23.7 Å². The highest BCUT2D eigenvalue weighted by Crippen LogP contribution is 2.46. The summed E-state index contributed by atoms with van der Waals surface area (Å²) in [4.78, 5) is 0. The molecule has 2 rings (SSSR count). The molecule has 0 radical (unpaired) electrons. The molecular weight excluding hydrogens is 180 g/mol. The Bertz CT molecular complexity index is 282. The number of hydrogen-bond acceptors (Lipinski definition) is 0. The van der Waals surface area contributed by atoms with Gasteiger partial charge in [-0.1, -0.05) is 44.6 Å². The van der Waals surface area contributed by atoms with Crippen molar-refractivity contribution >= 4 is 0 Å². The molecule has 0 saturated heterocycles. The number of hydrogen-bond donors (Lipinski definition) is 0. The maximum absolute atomic E-state index is 4.31. The molecule has 0 aromatic heterocycles. The predicted molar refractivity (Wildman–Crippen MR) is 66.7 cm³/mol. The second-order valence-corrected chi connectivity index (χ2v) is 5.79. The van der Waals surface area contributed by atoms with Crippen LogP contribution >= 0.6 is 0 Å². The summed E-state index contributed by atoms with van der Waals surface area (Å²) < 4.78 is 0. The van der Waals surface area contributed by atoms with Gasteiger partial charge in [0.1, 0.15) is 0 Å². The van der Waals surface area contributed by atoms with Gasteiger partial charge in [0.15, 0.2) is 0 Å². The number of allylic oxidation sites excluding steroid dienone is 3. The second kappa shape index (κ2) is 4.15. The molecule has 15 heavy (non-hydrogen) atoms. The van der Waals surface area contributed by atoms with Crippen LogP contribution in [0.4, 0.5) is 0 Å². The molecule has 0 bridgehead atoms. The Morgan fingerprint density at radius 1 is 1.27 bits per heavy atom. The Balaban J connectivity index is 2.26. The fourth-order valence-corrected chi connectivity index (χ4v) is 3.28. The summed E-state index contributed by atoms with van der Waals surface area (Å²) in [6, 6.07) is 0. The molecule has 0 aromatic carbocycles. The summed E-state index contributed by atoms with van der Waals surface area (Å²) >= 11 is 0. The quantitative estimate of drug-likeness (QED) is 0.548. The van der Waals surface area contributed by atoms with Gasteiger partial charge in [-0.2, -0.15) is 0 Å². The lowest BCUT2D eigenvalue weighted by atomic mass is 9.85. The van der Waals surface area contributed by atoms with Crippen LogP contribution in [0.25, 0.3) is 0 Å². The lowest BCUT2D eigenvalue weighted by Crippen LogP contribution is -2.11. The first kappa shape index (κ1) is 11.0. The summed E-state index contributed by atoms with van der Waals surface area (Å²) in [6.45, 7) is 11.4. The number of rotatable bonds is 1. The Labute approximate surface area is 94.5 Å². The fraction of sp³-hybridized carbons (Fsp3) is 0.733. The smallest absolute Gasteiger partial charge is 0.0139 e. The van der Waals surface area contributed by atoms with E-state index in [0.29, 0.717) is 0 Å². The molecule has 3 atom stereocenters. The summed E-state index contributed by atoms with van der Waals surface area (Å²) in [5, 5.41) is 0. The summed E-state index contributed by atoms with van der Waals surface area (Å²) in [6.07, 6.45) is 7.88. The minimum atomic E-state index is 0.726. The van der Waals surface area contributed by atoms with E-state index in [1.54, 1.807) is 5.57 Å². The zero-order valence-electron chi connectivity index (χ0n) is 10.4. The Kier molecular flexibility index (Phi) is 3.04. The lowest BCUT2D eigenvalue weighted by Gasteiger charge is -2.19. The zero-order valence-corrected chi connectivity index (χ0v) is 10.4. The normalized spacial score (nSPS) is 36.4. The van der Waals surface area contributed by atoms with Crippen LogP contribution in [0.1, 0.15) is 46.5 Å². The molecule has 2 aliphatic rings.